The van der Waals surface area contributed by atoms with Gasteiger partial charge in [0, 0.05) is 11.9 Å². The number of ether oxygens (including phenoxy) is 1. The Balaban J connectivity index is 0.000000293. The number of carboxylic acid groups (broad SMARTS) is 1. The molecule has 1 aromatic heterocycles. The Morgan fingerprint density at radius 2 is 1.83 bits per heavy atom. The lowest BCUT2D eigenvalue weighted by atomic mass is 9.85. The minimum atomic E-state index is -1.01. The number of aromatic nitrogens is 1. The topological polar surface area (TPSA) is 153 Å². The SMILES string of the molecule is CC(C)(C)OC(=O)N[C@H](C(=O)N1CCCC1C(=O)O)C(C)(C)C.N#Cc1cc2ccccc2c(=O)[nH]1. The van der Waals surface area contributed by atoms with Gasteiger partial charge in [-0.2, -0.15) is 5.26 Å². The Morgan fingerprint density at radius 1 is 1.19 bits per heavy atom. The number of aromatic amines is 1. The number of rotatable bonds is 3. The molecule has 1 aliphatic heterocycles. The van der Waals surface area contributed by atoms with Gasteiger partial charge in [0.25, 0.3) is 5.56 Å². The van der Waals surface area contributed by atoms with Crippen molar-refractivity contribution in [3.05, 3.63) is 46.4 Å². The zero-order valence-electron chi connectivity index (χ0n) is 21.5. The maximum atomic E-state index is 12.8. The van der Waals surface area contributed by atoms with Crippen molar-refractivity contribution in [3.8, 4) is 6.07 Å². The van der Waals surface area contributed by atoms with Gasteiger partial charge in [-0.15, -0.1) is 0 Å². The summed E-state index contributed by atoms with van der Waals surface area (Å²) in [6.07, 6.45) is 0.396. The molecule has 1 unspecified atom stereocenters. The number of aliphatic carboxylic acids is 1. The number of H-pyrrole nitrogens is 1. The standard InChI is InChI=1S/C16H28N2O5.C10H6N2O/c1-15(2,3)11(17-14(22)23-16(4,5)6)12(19)18-9-7-8-10(18)13(20)21;11-6-8-5-7-3-1-2-4-9(7)10(13)12-8/h10-11H,7-9H2,1-6H3,(H,17,22)(H,20,21);1-5H,(H,12,13)/t10?,11-;/m1./s1. The number of fused-ring (bicyclic) bond motifs is 1. The molecule has 2 heterocycles. The van der Waals surface area contributed by atoms with Crippen LogP contribution in [0.15, 0.2) is 35.1 Å². The summed E-state index contributed by atoms with van der Waals surface area (Å²) >= 11 is 0. The lowest BCUT2D eigenvalue weighted by Gasteiger charge is -2.35. The molecule has 3 rings (SSSR count). The van der Waals surface area contributed by atoms with Crippen LogP contribution in [0.2, 0.25) is 0 Å². The fourth-order valence-electron chi connectivity index (χ4n) is 3.80. The van der Waals surface area contributed by atoms with Crippen LogP contribution >= 0.6 is 0 Å². The highest BCUT2D eigenvalue weighted by atomic mass is 16.6. The molecule has 1 fully saturated rings. The highest BCUT2D eigenvalue weighted by Gasteiger charge is 2.42. The highest BCUT2D eigenvalue weighted by molar-refractivity contribution is 5.90. The van der Waals surface area contributed by atoms with E-state index in [-0.39, 0.29) is 11.5 Å². The third kappa shape index (κ3) is 7.57. The van der Waals surface area contributed by atoms with Crippen molar-refractivity contribution in [2.24, 2.45) is 5.41 Å². The molecule has 1 aromatic carbocycles. The molecule has 1 saturated heterocycles. The Morgan fingerprint density at radius 3 is 2.39 bits per heavy atom. The van der Waals surface area contributed by atoms with E-state index in [2.05, 4.69) is 10.3 Å². The van der Waals surface area contributed by atoms with Gasteiger partial charge in [0.2, 0.25) is 5.91 Å². The lowest BCUT2D eigenvalue weighted by molar-refractivity contribution is -0.150. The summed E-state index contributed by atoms with van der Waals surface area (Å²) in [7, 11) is 0. The van der Waals surface area contributed by atoms with E-state index in [1.807, 2.05) is 39.0 Å². The van der Waals surface area contributed by atoms with Crippen LogP contribution in [-0.4, -0.2) is 57.2 Å². The molecular formula is C26H34N4O6. The Hall–Kier alpha value is -3.87. The van der Waals surface area contributed by atoms with Crippen molar-refractivity contribution in [1.29, 1.82) is 5.26 Å². The predicted octanol–water partition coefficient (Wildman–Crippen LogP) is 3.40. The van der Waals surface area contributed by atoms with E-state index in [0.717, 1.165) is 5.39 Å². The number of nitrogens with one attached hydrogen (secondary N) is 2. The Labute approximate surface area is 210 Å². The lowest BCUT2D eigenvalue weighted by Crippen LogP contribution is -2.57. The Kier molecular flexibility index (Phi) is 8.86. The molecule has 2 atom stereocenters. The first-order valence-corrected chi connectivity index (χ1v) is 11.7. The molecule has 2 amide bonds. The maximum Gasteiger partial charge on any atom is 0.408 e. The minimum Gasteiger partial charge on any atom is -0.480 e. The molecule has 0 radical (unpaired) electrons. The molecule has 10 nitrogen and oxygen atoms in total. The van der Waals surface area contributed by atoms with Crippen molar-refractivity contribution in [1.82, 2.24) is 15.2 Å². The zero-order chi connectivity index (χ0) is 27.3. The van der Waals surface area contributed by atoms with Crippen molar-refractivity contribution >= 4 is 28.7 Å². The smallest absolute Gasteiger partial charge is 0.408 e. The number of hydrogen-bond acceptors (Lipinski definition) is 6. The van der Waals surface area contributed by atoms with Crippen molar-refractivity contribution < 1.29 is 24.2 Å². The second-order valence-electron chi connectivity index (χ2n) is 10.7. The molecule has 0 saturated carbocycles. The van der Waals surface area contributed by atoms with E-state index in [0.29, 0.717) is 30.5 Å². The molecule has 194 valence electrons. The van der Waals surface area contributed by atoms with Crippen LogP contribution in [0.5, 0.6) is 0 Å². The summed E-state index contributed by atoms with van der Waals surface area (Å²) in [5.41, 5.74) is -1.16. The van der Waals surface area contributed by atoms with Gasteiger partial charge in [-0.1, -0.05) is 39.0 Å². The summed E-state index contributed by atoms with van der Waals surface area (Å²) in [5.74, 6) is -1.39. The number of pyridine rings is 1. The molecule has 3 N–H and O–H groups in total. The van der Waals surface area contributed by atoms with Crippen LogP contribution in [-0.2, 0) is 14.3 Å². The number of likely N-dealkylation sites (tertiary alicyclic amines) is 1. The van der Waals surface area contributed by atoms with Gasteiger partial charge in [0.1, 0.15) is 29.4 Å². The normalized spacial score (nSPS) is 16.4. The van der Waals surface area contributed by atoms with Gasteiger partial charge in [-0.05, 0) is 56.5 Å². The van der Waals surface area contributed by atoms with Crippen LogP contribution in [0.25, 0.3) is 10.8 Å². The average Bonchev–Trinajstić information content (AvgIpc) is 3.26. The number of benzene rings is 1. The second kappa shape index (κ2) is 11.2. The fraction of sp³-hybridized carbons (Fsp3) is 0.500. The van der Waals surface area contributed by atoms with Crippen molar-refractivity contribution in [3.63, 3.8) is 0 Å². The van der Waals surface area contributed by atoms with Crippen LogP contribution in [0.1, 0.15) is 60.1 Å². The minimum absolute atomic E-state index is 0.213. The van der Waals surface area contributed by atoms with Crippen LogP contribution < -0.4 is 10.9 Å². The van der Waals surface area contributed by atoms with Crippen LogP contribution in [0.4, 0.5) is 4.79 Å². The largest absolute Gasteiger partial charge is 0.480 e. The molecular weight excluding hydrogens is 464 g/mol. The van der Waals surface area contributed by atoms with E-state index in [1.165, 1.54) is 4.90 Å². The highest BCUT2D eigenvalue weighted by Crippen LogP contribution is 2.26. The first kappa shape index (κ1) is 28.4. The second-order valence-corrected chi connectivity index (χ2v) is 10.7. The molecule has 0 bridgehead atoms. The molecule has 2 aromatic rings. The number of carbonyl (C=O) groups is 3. The van der Waals surface area contributed by atoms with E-state index in [9.17, 15) is 24.3 Å². The van der Waals surface area contributed by atoms with Crippen LogP contribution in [0.3, 0.4) is 0 Å². The van der Waals surface area contributed by atoms with Crippen molar-refractivity contribution in [2.75, 3.05) is 6.54 Å². The number of hydrogen-bond donors (Lipinski definition) is 3. The number of nitrogens with zero attached hydrogens (tertiary/aromatic N) is 2. The van der Waals surface area contributed by atoms with Crippen LogP contribution in [0, 0.1) is 16.7 Å². The fourth-order valence-corrected chi connectivity index (χ4v) is 3.80. The van der Waals surface area contributed by atoms with Crippen molar-refractivity contribution in [2.45, 2.75) is 72.1 Å². The summed E-state index contributed by atoms with van der Waals surface area (Å²) in [6, 6.07) is 9.07. The number of nitriles is 1. The van der Waals surface area contributed by atoms with E-state index in [4.69, 9.17) is 10.00 Å². The Bertz CT molecular complexity index is 1220. The molecule has 0 spiro atoms. The van der Waals surface area contributed by atoms with Gasteiger partial charge in [-0.25, -0.2) is 9.59 Å². The number of carboxylic acids is 1. The monoisotopic (exact) mass is 498 g/mol. The van der Waals surface area contributed by atoms with Gasteiger partial charge < -0.3 is 25.0 Å². The van der Waals surface area contributed by atoms with E-state index in [1.54, 1.807) is 39.0 Å². The molecule has 10 heteroatoms. The number of alkyl carbamates (subject to hydrolysis) is 1. The quantitative estimate of drug-likeness (QED) is 0.586. The molecule has 0 aliphatic carbocycles. The summed E-state index contributed by atoms with van der Waals surface area (Å²) in [5, 5.41) is 21.9. The average molecular weight is 499 g/mol. The summed E-state index contributed by atoms with van der Waals surface area (Å²) in [4.78, 5) is 51.3. The molecule has 36 heavy (non-hydrogen) atoms. The molecule has 1 aliphatic rings. The number of carbonyl (C=O) groups excluding carboxylic acids is 2. The van der Waals surface area contributed by atoms with Gasteiger partial charge >= 0.3 is 12.1 Å². The first-order chi connectivity index (χ1) is 16.6. The maximum absolute atomic E-state index is 12.8. The van der Waals surface area contributed by atoms with E-state index < -0.39 is 35.2 Å². The van der Waals surface area contributed by atoms with Gasteiger partial charge in [0.05, 0.1) is 0 Å². The van der Waals surface area contributed by atoms with Gasteiger partial charge in [-0.3, -0.25) is 9.59 Å². The summed E-state index contributed by atoms with van der Waals surface area (Å²) < 4.78 is 5.21. The number of amides is 2. The van der Waals surface area contributed by atoms with Gasteiger partial charge in [0.15, 0.2) is 0 Å². The van der Waals surface area contributed by atoms with E-state index >= 15 is 0 Å². The third-order valence-corrected chi connectivity index (χ3v) is 5.47. The third-order valence-electron chi connectivity index (χ3n) is 5.47. The summed E-state index contributed by atoms with van der Waals surface area (Å²) in [6.45, 7) is 11.1. The first-order valence-electron chi connectivity index (χ1n) is 11.7. The predicted molar refractivity (Wildman–Crippen MR) is 134 cm³/mol. The zero-order valence-corrected chi connectivity index (χ0v) is 21.5.